The van der Waals surface area contributed by atoms with Gasteiger partial charge in [-0.15, -0.1) is 0 Å². The van der Waals surface area contributed by atoms with E-state index in [9.17, 15) is 18.0 Å². The summed E-state index contributed by atoms with van der Waals surface area (Å²) in [4.78, 5) is 15.9. The van der Waals surface area contributed by atoms with Crippen molar-refractivity contribution < 1.29 is 18.0 Å². The lowest BCUT2D eigenvalue weighted by molar-refractivity contribution is -0.152. The molecule has 2 aromatic rings. The number of benzene rings is 1. The van der Waals surface area contributed by atoms with E-state index in [0.717, 1.165) is 5.56 Å². The lowest BCUT2D eigenvalue weighted by atomic mass is 10.1. The molecule has 1 heterocycles. The highest BCUT2D eigenvalue weighted by Crippen LogP contribution is 2.23. The molecule has 2 N–H and O–H groups in total. The summed E-state index contributed by atoms with van der Waals surface area (Å²) >= 11 is 0. The van der Waals surface area contributed by atoms with Crippen molar-refractivity contribution in [2.45, 2.75) is 32.1 Å². The standard InChI is InChI=1S/C17H18F3N3O/c1-12-6-5-9-21-14(12)11-22-16(24)23-15(17(18,19)20)10-13-7-3-2-4-8-13/h2-9,15H,10-11H2,1H3,(H2,22,23,24). The van der Waals surface area contributed by atoms with Crippen LogP contribution in [0.25, 0.3) is 0 Å². The fourth-order valence-electron chi connectivity index (χ4n) is 2.18. The summed E-state index contributed by atoms with van der Waals surface area (Å²) in [5.41, 5.74) is 1.97. The van der Waals surface area contributed by atoms with Gasteiger partial charge in [0.2, 0.25) is 0 Å². The number of rotatable bonds is 5. The topological polar surface area (TPSA) is 54.0 Å². The van der Waals surface area contributed by atoms with Crippen LogP contribution in [0, 0.1) is 6.92 Å². The fourth-order valence-corrected chi connectivity index (χ4v) is 2.18. The Bertz CT molecular complexity index is 674. The van der Waals surface area contributed by atoms with Gasteiger partial charge >= 0.3 is 12.2 Å². The molecule has 0 fully saturated rings. The van der Waals surface area contributed by atoms with E-state index in [2.05, 4.69) is 10.3 Å². The largest absolute Gasteiger partial charge is 0.408 e. The number of pyridine rings is 1. The lowest BCUT2D eigenvalue weighted by Gasteiger charge is -2.22. The normalized spacial score (nSPS) is 12.5. The Hall–Kier alpha value is -2.57. The van der Waals surface area contributed by atoms with Crippen LogP contribution in [0.4, 0.5) is 18.0 Å². The number of urea groups is 1. The van der Waals surface area contributed by atoms with Crippen LogP contribution in [0.1, 0.15) is 16.8 Å². The molecule has 0 saturated carbocycles. The molecule has 1 aromatic carbocycles. The number of carbonyl (C=O) groups is 1. The van der Waals surface area contributed by atoms with Gasteiger partial charge in [-0.1, -0.05) is 36.4 Å². The fraction of sp³-hybridized carbons (Fsp3) is 0.294. The molecule has 0 aliphatic heterocycles. The number of amides is 2. The minimum absolute atomic E-state index is 0.0639. The van der Waals surface area contributed by atoms with Crippen LogP contribution in [-0.4, -0.2) is 23.2 Å². The monoisotopic (exact) mass is 337 g/mol. The zero-order chi connectivity index (χ0) is 17.6. The molecule has 0 radical (unpaired) electrons. The van der Waals surface area contributed by atoms with Crippen LogP contribution in [0.2, 0.25) is 0 Å². The highest BCUT2D eigenvalue weighted by molar-refractivity contribution is 5.74. The zero-order valence-corrected chi connectivity index (χ0v) is 13.1. The van der Waals surface area contributed by atoms with E-state index >= 15 is 0 Å². The Morgan fingerprint density at radius 2 is 1.88 bits per heavy atom. The van der Waals surface area contributed by atoms with E-state index in [1.54, 1.807) is 42.6 Å². The van der Waals surface area contributed by atoms with Gasteiger partial charge in [0.1, 0.15) is 6.04 Å². The van der Waals surface area contributed by atoms with Gasteiger partial charge in [-0.25, -0.2) is 4.79 Å². The summed E-state index contributed by atoms with van der Waals surface area (Å²) in [5.74, 6) is 0. The molecular weight excluding hydrogens is 319 g/mol. The number of hydrogen-bond donors (Lipinski definition) is 2. The number of carbonyl (C=O) groups excluding carboxylic acids is 1. The molecule has 7 heteroatoms. The van der Waals surface area contributed by atoms with Crippen LogP contribution in [0.5, 0.6) is 0 Å². The van der Waals surface area contributed by atoms with Crippen molar-refractivity contribution in [1.29, 1.82) is 0 Å². The van der Waals surface area contributed by atoms with Crippen LogP contribution in [0.3, 0.4) is 0 Å². The van der Waals surface area contributed by atoms with Crippen LogP contribution >= 0.6 is 0 Å². The van der Waals surface area contributed by atoms with Gasteiger partial charge in [0.15, 0.2) is 0 Å². The molecule has 4 nitrogen and oxygen atoms in total. The Labute approximate surface area is 138 Å². The first-order valence-corrected chi connectivity index (χ1v) is 7.42. The second-order valence-corrected chi connectivity index (χ2v) is 5.38. The smallest absolute Gasteiger partial charge is 0.332 e. The summed E-state index contributed by atoms with van der Waals surface area (Å²) in [7, 11) is 0. The summed E-state index contributed by atoms with van der Waals surface area (Å²) < 4.78 is 39.4. The molecule has 0 spiro atoms. The molecule has 0 aliphatic rings. The van der Waals surface area contributed by atoms with Crippen LogP contribution < -0.4 is 10.6 Å². The molecule has 24 heavy (non-hydrogen) atoms. The molecule has 1 atom stereocenters. The summed E-state index contributed by atoms with van der Waals surface area (Å²) in [6.07, 6.45) is -3.29. The SMILES string of the molecule is Cc1cccnc1CNC(=O)NC(Cc1ccccc1)C(F)(F)F. The molecule has 0 saturated heterocycles. The van der Waals surface area contributed by atoms with Crippen molar-refractivity contribution in [3.05, 3.63) is 65.5 Å². The highest BCUT2D eigenvalue weighted by atomic mass is 19.4. The maximum atomic E-state index is 13.1. The predicted octanol–water partition coefficient (Wildman–Crippen LogP) is 3.36. The number of nitrogens with zero attached hydrogens (tertiary/aromatic N) is 1. The van der Waals surface area contributed by atoms with Crippen LogP contribution in [-0.2, 0) is 13.0 Å². The first kappa shape index (κ1) is 17.8. The maximum absolute atomic E-state index is 13.1. The summed E-state index contributed by atoms with van der Waals surface area (Å²) in [6.45, 7) is 1.88. The predicted molar refractivity (Wildman–Crippen MR) is 84.3 cm³/mol. The van der Waals surface area contributed by atoms with Crippen molar-refractivity contribution in [2.24, 2.45) is 0 Å². The molecule has 128 valence electrons. The number of nitrogens with one attached hydrogen (secondary N) is 2. The third-order valence-corrected chi connectivity index (χ3v) is 3.52. The van der Waals surface area contributed by atoms with E-state index in [4.69, 9.17) is 0 Å². The second kappa shape index (κ2) is 7.81. The Balaban J connectivity index is 1.96. The van der Waals surface area contributed by atoms with E-state index in [1.807, 2.05) is 18.3 Å². The Morgan fingerprint density at radius 1 is 1.17 bits per heavy atom. The average molecular weight is 337 g/mol. The number of alkyl halides is 3. The number of aryl methyl sites for hydroxylation is 1. The van der Waals surface area contributed by atoms with Gasteiger partial charge in [0.25, 0.3) is 0 Å². The van der Waals surface area contributed by atoms with Gasteiger partial charge in [-0.2, -0.15) is 13.2 Å². The van der Waals surface area contributed by atoms with Crippen molar-refractivity contribution in [2.75, 3.05) is 0 Å². The van der Waals surface area contributed by atoms with E-state index in [-0.39, 0.29) is 13.0 Å². The van der Waals surface area contributed by atoms with E-state index in [1.165, 1.54) is 0 Å². The van der Waals surface area contributed by atoms with Gasteiger partial charge in [-0.3, -0.25) is 4.98 Å². The van der Waals surface area contributed by atoms with Crippen molar-refractivity contribution in [1.82, 2.24) is 15.6 Å². The first-order chi connectivity index (χ1) is 11.4. The summed E-state index contributed by atoms with van der Waals surface area (Å²) in [5, 5.41) is 4.41. The quantitative estimate of drug-likeness (QED) is 0.879. The Kier molecular flexibility index (Phi) is 5.78. The Morgan fingerprint density at radius 3 is 2.50 bits per heavy atom. The molecule has 2 amide bonds. The molecule has 0 bridgehead atoms. The van der Waals surface area contributed by atoms with Gasteiger partial charge in [0, 0.05) is 12.6 Å². The lowest BCUT2D eigenvalue weighted by Crippen LogP contribution is -2.50. The molecular formula is C17H18F3N3O. The number of aromatic nitrogens is 1. The minimum atomic E-state index is -4.53. The van der Waals surface area contributed by atoms with Gasteiger partial charge in [-0.05, 0) is 24.1 Å². The van der Waals surface area contributed by atoms with Crippen molar-refractivity contribution in [3.8, 4) is 0 Å². The third-order valence-electron chi connectivity index (χ3n) is 3.52. The molecule has 0 aliphatic carbocycles. The van der Waals surface area contributed by atoms with Gasteiger partial charge in [0.05, 0.1) is 12.2 Å². The minimum Gasteiger partial charge on any atom is -0.332 e. The first-order valence-electron chi connectivity index (χ1n) is 7.42. The van der Waals surface area contributed by atoms with Gasteiger partial charge < -0.3 is 10.6 Å². The average Bonchev–Trinajstić information content (AvgIpc) is 2.53. The molecule has 1 aromatic heterocycles. The highest BCUT2D eigenvalue weighted by Gasteiger charge is 2.40. The molecule has 1 unspecified atom stereocenters. The maximum Gasteiger partial charge on any atom is 0.408 e. The number of halogens is 3. The van der Waals surface area contributed by atoms with E-state index in [0.29, 0.717) is 11.3 Å². The third kappa shape index (κ3) is 5.26. The van der Waals surface area contributed by atoms with Crippen molar-refractivity contribution in [3.63, 3.8) is 0 Å². The zero-order valence-electron chi connectivity index (χ0n) is 13.1. The molecule has 2 rings (SSSR count). The summed E-state index contributed by atoms with van der Waals surface area (Å²) in [6, 6.07) is 8.96. The van der Waals surface area contributed by atoms with Crippen LogP contribution in [0.15, 0.2) is 48.7 Å². The van der Waals surface area contributed by atoms with E-state index < -0.39 is 18.2 Å². The van der Waals surface area contributed by atoms with Crippen molar-refractivity contribution >= 4 is 6.03 Å². The number of hydrogen-bond acceptors (Lipinski definition) is 2. The second-order valence-electron chi connectivity index (χ2n) is 5.38.